The number of nitriles is 1. The molecule has 1 atom stereocenters. The van der Waals surface area contributed by atoms with E-state index in [1.165, 1.54) is 4.31 Å². The van der Waals surface area contributed by atoms with Gasteiger partial charge in [0.2, 0.25) is 10.0 Å². The third kappa shape index (κ3) is 5.05. The molecule has 0 saturated heterocycles. The summed E-state index contributed by atoms with van der Waals surface area (Å²) in [5.41, 5.74) is 0. The van der Waals surface area contributed by atoms with Crippen LogP contribution in [0.1, 0.15) is 52.9 Å². The van der Waals surface area contributed by atoms with Crippen molar-refractivity contribution >= 4 is 10.0 Å². The van der Waals surface area contributed by atoms with Gasteiger partial charge in [-0.15, -0.1) is 0 Å². The van der Waals surface area contributed by atoms with Crippen molar-refractivity contribution in [2.45, 2.75) is 58.1 Å². The lowest BCUT2D eigenvalue weighted by atomic mass is 10.3. The fourth-order valence-electron chi connectivity index (χ4n) is 1.58. The Kier molecular flexibility index (Phi) is 8.19. The number of sulfonamides is 1. The summed E-state index contributed by atoms with van der Waals surface area (Å²) in [5.74, 6) is 0. The molecule has 100 valence electrons. The molecule has 5 heteroatoms. The molecule has 0 saturated carbocycles. The highest BCUT2D eigenvalue weighted by atomic mass is 32.2. The van der Waals surface area contributed by atoms with Crippen LogP contribution in [0, 0.1) is 11.3 Å². The van der Waals surface area contributed by atoms with Crippen LogP contribution in [0.2, 0.25) is 0 Å². The molecule has 0 aromatic heterocycles. The molecule has 17 heavy (non-hydrogen) atoms. The van der Waals surface area contributed by atoms with Gasteiger partial charge >= 0.3 is 0 Å². The lowest BCUT2D eigenvalue weighted by molar-refractivity contribution is 0.391. The van der Waals surface area contributed by atoms with Gasteiger partial charge in [0.1, 0.15) is 0 Å². The highest BCUT2D eigenvalue weighted by Crippen LogP contribution is 2.14. The van der Waals surface area contributed by atoms with Gasteiger partial charge in [0.25, 0.3) is 0 Å². The Bertz CT molecular complexity index is 325. The molecule has 0 aliphatic rings. The van der Waals surface area contributed by atoms with Gasteiger partial charge in [-0.3, -0.25) is 0 Å². The highest BCUT2D eigenvalue weighted by molar-refractivity contribution is 7.90. The molecule has 4 nitrogen and oxygen atoms in total. The van der Waals surface area contributed by atoms with Crippen molar-refractivity contribution in [2.75, 3.05) is 13.1 Å². The summed E-state index contributed by atoms with van der Waals surface area (Å²) in [7, 11) is -3.44. The Labute approximate surface area is 106 Å². The van der Waals surface area contributed by atoms with Crippen LogP contribution < -0.4 is 0 Å². The van der Waals surface area contributed by atoms with Crippen molar-refractivity contribution in [3.8, 4) is 6.07 Å². The van der Waals surface area contributed by atoms with Gasteiger partial charge in [0.05, 0.1) is 6.07 Å². The Morgan fingerprint density at radius 1 is 1.12 bits per heavy atom. The molecular weight excluding hydrogens is 236 g/mol. The average molecular weight is 260 g/mol. The van der Waals surface area contributed by atoms with Crippen molar-refractivity contribution in [2.24, 2.45) is 0 Å². The molecule has 0 aromatic carbocycles. The average Bonchev–Trinajstić information content (AvgIpc) is 2.30. The third-order valence-electron chi connectivity index (χ3n) is 2.76. The minimum absolute atomic E-state index is 0.355. The Balaban J connectivity index is 4.81. The maximum Gasteiger partial charge on any atom is 0.230 e. The second kappa shape index (κ2) is 8.48. The van der Waals surface area contributed by atoms with Crippen LogP contribution >= 0.6 is 0 Å². The molecule has 0 aliphatic carbocycles. The molecular formula is C12H24N2O2S. The largest absolute Gasteiger partial charge is 0.230 e. The summed E-state index contributed by atoms with van der Waals surface area (Å²) >= 11 is 0. The minimum Gasteiger partial charge on any atom is -0.211 e. The summed E-state index contributed by atoms with van der Waals surface area (Å²) in [6.07, 6.45) is 3.98. The Hall–Kier alpha value is -0.600. The zero-order valence-electron chi connectivity index (χ0n) is 11.1. The van der Waals surface area contributed by atoms with Crippen LogP contribution in [0.3, 0.4) is 0 Å². The van der Waals surface area contributed by atoms with Crippen molar-refractivity contribution < 1.29 is 8.42 Å². The van der Waals surface area contributed by atoms with Gasteiger partial charge in [-0.1, -0.05) is 33.6 Å². The van der Waals surface area contributed by atoms with E-state index < -0.39 is 15.3 Å². The maximum atomic E-state index is 12.2. The number of hydrogen-bond acceptors (Lipinski definition) is 3. The molecule has 0 heterocycles. The zero-order chi connectivity index (χ0) is 13.3. The van der Waals surface area contributed by atoms with Crippen LogP contribution in [0.15, 0.2) is 0 Å². The number of rotatable bonds is 9. The normalized spacial score (nSPS) is 13.6. The molecule has 0 spiro atoms. The maximum absolute atomic E-state index is 12.2. The highest BCUT2D eigenvalue weighted by Gasteiger charge is 2.29. The summed E-state index contributed by atoms with van der Waals surface area (Å²) in [6, 6.07) is 1.90. The summed E-state index contributed by atoms with van der Waals surface area (Å²) < 4.78 is 25.9. The second-order valence-electron chi connectivity index (χ2n) is 4.18. The standard InChI is InChI=1S/C12H24N2O2S/c1-4-7-9-14(10-8-5-2)17(15,16)12(6-3)11-13/h12H,4-10H2,1-3H3. The lowest BCUT2D eigenvalue weighted by Crippen LogP contribution is -2.39. The van der Waals surface area contributed by atoms with Crippen LogP contribution in [-0.4, -0.2) is 31.1 Å². The van der Waals surface area contributed by atoms with E-state index in [9.17, 15) is 8.42 Å². The van der Waals surface area contributed by atoms with Crippen molar-refractivity contribution in [3.05, 3.63) is 0 Å². The molecule has 0 fully saturated rings. The van der Waals surface area contributed by atoms with E-state index in [0.717, 1.165) is 25.7 Å². The number of hydrogen-bond donors (Lipinski definition) is 0. The van der Waals surface area contributed by atoms with E-state index in [2.05, 4.69) is 0 Å². The van der Waals surface area contributed by atoms with Crippen LogP contribution in [0.5, 0.6) is 0 Å². The fraction of sp³-hybridized carbons (Fsp3) is 0.917. The van der Waals surface area contributed by atoms with Gasteiger partial charge < -0.3 is 0 Å². The lowest BCUT2D eigenvalue weighted by Gasteiger charge is -2.23. The van der Waals surface area contributed by atoms with Gasteiger partial charge in [0, 0.05) is 13.1 Å². The van der Waals surface area contributed by atoms with Crippen LogP contribution in [0.25, 0.3) is 0 Å². The van der Waals surface area contributed by atoms with E-state index in [4.69, 9.17) is 5.26 Å². The molecule has 0 bridgehead atoms. The predicted molar refractivity (Wildman–Crippen MR) is 70.0 cm³/mol. The molecule has 0 rings (SSSR count). The van der Waals surface area contributed by atoms with Gasteiger partial charge in [-0.25, -0.2) is 12.7 Å². The SMILES string of the molecule is CCCCN(CCCC)S(=O)(=O)C(C#N)CC. The van der Waals surface area contributed by atoms with E-state index in [1.54, 1.807) is 6.92 Å². The van der Waals surface area contributed by atoms with Crippen LogP contribution in [0.4, 0.5) is 0 Å². The molecule has 0 amide bonds. The molecule has 0 aliphatic heterocycles. The Morgan fingerprint density at radius 3 is 1.88 bits per heavy atom. The quantitative estimate of drug-likeness (QED) is 0.640. The first-order valence-corrected chi connectivity index (χ1v) is 7.93. The molecule has 0 N–H and O–H groups in total. The van der Waals surface area contributed by atoms with E-state index in [0.29, 0.717) is 19.5 Å². The van der Waals surface area contributed by atoms with Gasteiger partial charge in [-0.2, -0.15) is 5.26 Å². The third-order valence-corrected chi connectivity index (χ3v) is 5.00. The van der Waals surface area contributed by atoms with E-state index in [1.807, 2.05) is 19.9 Å². The smallest absolute Gasteiger partial charge is 0.211 e. The number of nitrogens with zero attached hydrogens (tertiary/aromatic N) is 2. The predicted octanol–water partition coefficient (Wildman–Crippen LogP) is 2.52. The van der Waals surface area contributed by atoms with Crippen LogP contribution in [-0.2, 0) is 10.0 Å². The molecule has 0 aromatic rings. The Morgan fingerprint density at radius 2 is 1.59 bits per heavy atom. The van der Waals surface area contributed by atoms with Crippen molar-refractivity contribution in [1.29, 1.82) is 5.26 Å². The van der Waals surface area contributed by atoms with Gasteiger partial charge in [0.15, 0.2) is 5.25 Å². The minimum atomic E-state index is -3.44. The zero-order valence-corrected chi connectivity index (χ0v) is 12.0. The monoisotopic (exact) mass is 260 g/mol. The first kappa shape index (κ1) is 16.4. The topological polar surface area (TPSA) is 61.2 Å². The summed E-state index contributed by atoms with van der Waals surface area (Å²) in [5, 5.41) is 8.01. The number of unbranched alkanes of at least 4 members (excludes halogenated alkanes) is 2. The first-order chi connectivity index (χ1) is 8.04. The van der Waals surface area contributed by atoms with Crippen molar-refractivity contribution in [3.63, 3.8) is 0 Å². The van der Waals surface area contributed by atoms with Gasteiger partial charge in [-0.05, 0) is 19.3 Å². The summed E-state index contributed by atoms with van der Waals surface area (Å²) in [6.45, 7) is 6.88. The molecule has 0 radical (unpaired) electrons. The molecule has 1 unspecified atom stereocenters. The van der Waals surface area contributed by atoms with E-state index >= 15 is 0 Å². The van der Waals surface area contributed by atoms with Crippen molar-refractivity contribution in [1.82, 2.24) is 4.31 Å². The van der Waals surface area contributed by atoms with E-state index in [-0.39, 0.29) is 0 Å². The fourth-order valence-corrected chi connectivity index (χ4v) is 3.27. The first-order valence-electron chi connectivity index (χ1n) is 6.43. The summed E-state index contributed by atoms with van der Waals surface area (Å²) in [4.78, 5) is 0. The second-order valence-corrected chi connectivity index (χ2v) is 6.29.